The van der Waals surface area contributed by atoms with E-state index >= 15 is 0 Å². The zero-order chi connectivity index (χ0) is 24.6. The number of anilines is 1. The highest BCUT2D eigenvalue weighted by Gasteiger charge is 2.20. The molecular formula is C25H34ClN3O4. The molecule has 2 rings (SSSR count). The molecule has 0 atom stereocenters. The molecule has 2 amide bonds. The van der Waals surface area contributed by atoms with E-state index < -0.39 is 0 Å². The minimum absolute atomic E-state index is 0.0721. The molecule has 0 spiro atoms. The number of hydrogen-bond acceptors (Lipinski definition) is 5. The Morgan fingerprint density at radius 1 is 1.06 bits per heavy atom. The van der Waals surface area contributed by atoms with E-state index in [2.05, 4.69) is 5.32 Å². The van der Waals surface area contributed by atoms with Gasteiger partial charge in [-0.2, -0.15) is 0 Å². The van der Waals surface area contributed by atoms with Gasteiger partial charge < -0.3 is 25.4 Å². The molecule has 0 saturated heterocycles. The number of benzene rings is 2. The van der Waals surface area contributed by atoms with Crippen molar-refractivity contribution in [2.45, 2.75) is 40.2 Å². The van der Waals surface area contributed by atoms with E-state index in [1.807, 2.05) is 20.8 Å². The van der Waals surface area contributed by atoms with Crippen LogP contribution in [0, 0.1) is 5.41 Å². The largest absolute Gasteiger partial charge is 0.493 e. The molecule has 2 aromatic rings. The van der Waals surface area contributed by atoms with Crippen molar-refractivity contribution in [1.29, 1.82) is 0 Å². The molecule has 0 aromatic heterocycles. The fraction of sp³-hybridized carbons (Fsp3) is 0.440. The molecule has 7 nitrogen and oxygen atoms in total. The number of nitrogens with one attached hydrogen (secondary N) is 1. The van der Waals surface area contributed by atoms with Crippen LogP contribution in [0.2, 0.25) is 5.02 Å². The van der Waals surface area contributed by atoms with Crippen molar-refractivity contribution in [1.82, 2.24) is 4.90 Å². The van der Waals surface area contributed by atoms with Gasteiger partial charge in [0.05, 0.1) is 14.2 Å². The van der Waals surface area contributed by atoms with Gasteiger partial charge in [-0.25, -0.2) is 0 Å². The zero-order valence-electron chi connectivity index (χ0n) is 20.0. The summed E-state index contributed by atoms with van der Waals surface area (Å²) in [5.41, 5.74) is 7.42. The van der Waals surface area contributed by atoms with Crippen molar-refractivity contribution >= 4 is 29.1 Å². The summed E-state index contributed by atoms with van der Waals surface area (Å²) in [5.74, 6) is 0.771. The number of nitrogens with zero attached hydrogens (tertiary/aromatic N) is 1. The molecule has 0 radical (unpaired) electrons. The Labute approximate surface area is 201 Å². The number of carbonyl (C=O) groups is 2. The van der Waals surface area contributed by atoms with Crippen LogP contribution in [0.25, 0.3) is 0 Å². The molecule has 0 heterocycles. The van der Waals surface area contributed by atoms with Crippen LogP contribution in [0.3, 0.4) is 0 Å². The second-order valence-electron chi connectivity index (χ2n) is 9.03. The highest BCUT2D eigenvalue weighted by atomic mass is 35.5. The second-order valence-corrected chi connectivity index (χ2v) is 9.44. The molecule has 33 heavy (non-hydrogen) atoms. The summed E-state index contributed by atoms with van der Waals surface area (Å²) in [7, 11) is 3.07. The number of halogens is 1. The van der Waals surface area contributed by atoms with Crippen LogP contribution < -0.4 is 20.5 Å². The summed E-state index contributed by atoms with van der Waals surface area (Å²) in [6.45, 7) is 7.21. The Kier molecular flexibility index (Phi) is 9.56. The van der Waals surface area contributed by atoms with Crippen molar-refractivity contribution in [2.24, 2.45) is 11.1 Å². The fourth-order valence-corrected chi connectivity index (χ4v) is 3.53. The molecule has 0 bridgehead atoms. The summed E-state index contributed by atoms with van der Waals surface area (Å²) >= 11 is 6.44. The molecule has 8 heteroatoms. The summed E-state index contributed by atoms with van der Waals surface area (Å²) < 4.78 is 10.6. The summed E-state index contributed by atoms with van der Waals surface area (Å²) in [6.07, 6.45) is 1.03. The smallest absolute Gasteiger partial charge is 0.254 e. The first kappa shape index (κ1) is 26.5. The van der Waals surface area contributed by atoms with Gasteiger partial charge in [0, 0.05) is 35.8 Å². The van der Waals surface area contributed by atoms with Crippen molar-refractivity contribution in [3.63, 3.8) is 0 Å². The number of carbonyl (C=O) groups excluding carboxylic acids is 2. The van der Waals surface area contributed by atoms with Crippen molar-refractivity contribution in [3.8, 4) is 11.5 Å². The van der Waals surface area contributed by atoms with Gasteiger partial charge in [0.25, 0.3) is 5.91 Å². The van der Waals surface area contributed by atoms with Gasteiger partial charge in [0.2, 0.25) is 5.91 Å². The molecular weight excluding hydrogens is 442 g/mol. The zero-order valence-corrected chi connectivity index (χ0v) is 20.8. The lowest BCUT2D eigenvalue weighted by atomic mass is 9.92. The van der Waals surface area contributed by atoms with E-state index in [0.717, 1.165) is 5.56 Å². The quantitative estimate of drug-likeness (QED) is 0.518. The average molecular weight is 476 g/mol. The maximum absolute atomic E-state index is 13.3. The Balaban J connectivity index is 2.27. The lowest BCUT2D eigenvalue weighted by Crippen LogP contribution is -2.32. The SMILES string of the molecule is COc1ccc(C(=O)N(CCCN)Cc2cc(NC(=O)CC(C)(C)C)ccc2Cl)cc1OC. The number of amides is 2. The third-order valence-electron chi connectivity index (χ3n) is 4.93. The number of ether oxygens (including phenoxy) is 2. The fourth-order valence-electron chi connectivity index (χ4n) is 3.35. The predicted octanol–water partition coefficient (Wildman–Crippen LogP) is 4.72. The van der Waals surface area contributed by atoms with Crippen molar-refractivity contribution in [2.75, 3.05) is 32.6 Å². The van der Waals surface area contributed by atoms with E-state index in [0.29, 0.717) is 53.7 Å². The van der Waals surface area contributed by atoms with Crippen LogP contribution in [0.1, 0.15) is 49.5 Å². The average Bonchev–Trinajstić information content (AvgIpc) is 2.76. The minimum atomic E-state index is -0.178. The van der Waals surface area contributed by atoms with Crippen molar-refractivity contribution < 1.29 is 19.1 Å². The Morgan fingerprint density at radius 3 is 2.36 bits per heavy atom. The monoisotopic (exact) mass is 475 g/mol. The lowest BCUT2D eigenvalue weighted by molar-refractivity contribution is -0.117. The van der Waals surface area contributed by atoms with E-state index in [1.165, 1.54) is 7.11 Å². The maximum atomic E-state index is 13.3. The molecule has 180 valence electrons. The first-order valence-corrected chi connectivity index (χ1v) is 11.3. The third kappa shape index (κ3) is 7.94. The van der Waals surface area contributed by atoms with Crippen LogP contribution in [0.15, 0.2) is 36.4 Å². The van der Waals surface area contributed by atoms with Gasteiger partial charge in [0.1, 0.15) is 0 Å². The topological polar surface area (TPSA) is 93.9 Å². The molecule has 0 fully saturated rings. The van der Waals surface area contributed by atoms with Crippen molar-refractivity contribution in [3.05, 3.63) is 52.5 Å². The Hall–Kier alpha value is -2.77. The Morgan fingerprint density at radius 2 is 1.76 bits per heavy atom. The summed E-state index contributed by atoms with van der Waals surface area (Å²) in [6, 6.07) is 10.3. The normalized spacial score (nSPS) is 11.1. The van der Waals surface area contributed by atoms with Crippen LogP contribution in [0.5, 0.6) is 11.5 Å². The van der Waals surface area contributed by atoms with Gasteiger partial charge in [-0.05, 0) is 60.3 Å². The first-order valence-electron chi connectivity index (χ1n) is 10.9. The lowest BCUT2D eigenvalue weighted by Gasteiger charge is -2.24. The van der Waals surface area contributed by atoms with Gasteiger partial charge in [-0.15, -0.1) is 0 Å². The number of methoxy groups -OCH3 is 2. The molecule has 0 unspecified atom stereocenters. The van der Waals surface area contributed by atoms with Crippen LogP contribution >= 0.6 is 11.6 Å². The summed E-state index contributed by atoms with van der Waals surface area (Å²) in [5, 5.41) is 3.44. The van der Waals surface area contributed by atoms with Crippen LogP contribution in [-0.2, 0) is 11.3 Å². The van der Waals surface area contributed by atoms with Crippen LogP contribution in [0.4, 0.5) is 5.69 Å². The highest BCUT2D eigenvalue weighted by Crippen LogP contribution is 2.29. The molecule has 0 aliphatic carbocycles. The van der Waals surface area contributed by atoms with Gasteiger partial charge in [-0.1, -0.05) is 32.4 Å². The van der Waals surface area contributed by atoms with E-state index in [1.54, 1.807) is 48.4 Å². The summed E-state index contributed by atoms with van der Waals surface area (Å²) in [4.78, 5) is 27.4. The number of rotatable bonds is 10. The standard InChI is InChI=1S/C25H34ClN3O4/c1-25(2,3)15-23(30)28-19-8-9-20(26)18(13-19)16-29(12-6-11-27)24(31)17-7-10-21(32-4)22(14-17)33-5/h7-10,13-14H,6,11-12,15-16,27H2,1-5H3,(H,28,30). The molecule has 3 N–H and O–H groups in total. The molecule has 2 aromatic carbocycles. The van der Waals surface area contributed by atoms with Crippen LogP contribution in [-0.4, -0.2) is 44.0 Å². The number of nitrogens with two attached hydrogens (primary N) is 1. The number of hydrogen-bond donors (Lipinski definition) is 2. The van der Waals surface area contributed by atoms with Gasteiger partial charge in [-0.3, -0.25) is 9.59 Å². The second kappa shape index (κ2) is 11.9. The van der Waals surface area contributed by atoms with Gasteiger partial charge in [0.15, 0.2) is 11.5 Å². The van der Waals surface area contributed by atoms with Gasteiger partial charge >= 0.3 is 0 Å². The predicted molar refractivity (Wildman–Crippen MR) is 132 cm³/mol. The molecule has 0 saturated carbocycles. The first-order chi connectivity index (χ1) is 15.6. The minimum Gasteiger partial charge on any atom is -0.493 e. The third-order valence-corrected chi connectivity index (χ3v) is 5.30. The highest BCUT2D eigenvalue weighted by molar-refractivity contribution is 6.31. The molecule has 0 aliphatic heterocycles. The van der Waals surface area contributed by atoms with E-state index in [9.17, 15) is 9.59 Å². The van der Waals surface area contributed by atoms with E-state index in [-0.39, 0.29) is 23.8 Å². The maximum Gasteiger partial charge on any atom is 0.254 e. The Bertz CT molecular complexity index is 973. The molecule has 0 aliphatic rings. The van der Waals surface area contributed by atoms with E-state index in [4.69, 9.17) is 26.8 Å².